The van der Waals surface area contributed by atoms with Gasteiger partial charge in [0.2, 0.25) is 0 Å². The zero-order valence-electron chi connectivity index (χ0n) is 11.3. The van der Waals surface area contributed by atoms with Crippen LogP contribution in [-0.4, -0.2) is 10.9 Å². The monoisotopic (exact) mass is 264 g/mol. The van der Waals surface area contributed by atoms with Crippen molar-refractivity contribution in [3.8, 4) is 0 Å². The normalized spacial score (nSPS) is 10.7. The molecule has 20 heavy (non-hydrogen) atoms. The number of aromatic nitrogens is 1. The zero-order chi connectivity index (χ0) is 13.9. The molecule has 3 rings (SSSR count). The maximum absolute atomic E-state index is 12.4. The first-order valence-corrected chi connectivity index (χ1v) is 6.65. The highest BCUT2D eigenvalue weighted by molar-refractivity contribution is 6.08. The molecule has 3 heteroatoms. The molecule has 0 fully saturated rings. The molecule has 0 radical (unpaired) electrons. The largest absolute Gasteiger partial charge is 0.358 e. The minimum absolute atomic E-state index is 0.0381. The van der Waals surface area contributed by atoms with E-state index in [2.05, 4.69) is 10.3 Å². The predicted molar refractivity (Wildman–Crippen MR) is 80.6 cm³/mol. The number of aromatic amines is 1. The Bertz CT molecular complexity index is 744. The van der Waals surface area contributed by atoms with Crippen molar-refractivity contribution in [2.24, 2.45) is 0 Å². The second-order valence-electron chi connectivity index (χ2n) is 4.84. The van der Waals surface area contributed by atoms with E-state index < -0.39 is 0 Å². The zero-order valence-corrected chi connectivity index (χ0v) is 11.3. The van der Waals surface area contributed by atoms with Gasteiger partial charge in [0, 0.05) is 23.1 Å². The molecule has 1 heterocycles. The third kappa shape index (κ3) is 2.30. The van der Waals surface area contributed by atoms with Crippen LogP contribution in [0.1, 0.15) is 21.6 Å². The van der Waals surface area contributed by atoms with Crippen LogP contribution in [0.15, 0.2) is 54.6 Å². The molecule has 2 aromatic carbocycles. The Labute approximate surface area is 117 Å². The van der Waals surface area contributed by atoms with Gasteiger partial charge < -0.3 is 10.3 Å². The Kier molecular flexibility index (Phi) is 3.25. The smallest absolute Gasteiger partial charge is 0.253 e. The average Bonchev–Trinajstić information content (AvgIpc) is 2.82. The van der Waals surface area contributed by atoms with E-state index in [-0.39, 0.29) is 5.91 Å². The summed E-state index contributed by atoms with van der Waals surface area (Å²) in [5.41, 5.74) is 3.72. The van der Waals surface area contributed by atoms with Crippen molar-refractivity contribution in [1.29, 1.82) is 0 Å². The van der Waals surface area contributed by atoms with E-state index in [0.717, 1.165) is 27.7 Å². The molecule has 2 N–H and O–H groups in total. The van der Waals surface area contributed by atoms with Crippen LogP contribution in [0.3, 0.4) is 0 Å². The Balaban J connectivity index is 1.84. The van der Waals surface area contributed by atoms with Crippen LogP contribution in [0.25, 0.3) is 10.9 Å². The number of fused-ring (bicyclic) bond motifs is 1. The van der Waals surface area contributed by atoms with E-state index in [4.69, 9.17) is 0 Å². The summed E-state index contributed by atoms with van der Waals surface area (Å²) in [4.78, 5) is 15.6. The van der Waals surface area contributed by atoms with E-state index in [0.29, 0.717) is 6.54 Å². The van der Waals surface area contributed by atoms with Gasteiger partial charge in [-0.25, -0.2) is 0 Å². The van der Waals surface area contributed by atoms with Gasteiger partial charge in [-0.2, -0.15) is 0 Å². The van der Waals surface area contributed by atoms with Gasteiger partial charge >= 0.3 is 0 Å². The van der Waals surface area contributed by atoms with E-state index in [1.807, 2.05) is 61.5 Å². The van der Waals surface area contributed by atoms with Crippen LogP contribution >= 0.6 is 0 Å². The van der Waals surface area contributed by atoms with Gasteiger partial charge in [-0.15, -0.1) is 0 Å². The molecule has 3 aromatic rings. The lowest BCUT2D eigenvalue weighted by atomic mass is 10.1. The van der Waals surface area contributed by atoms with E-state index in [1.54, 1.807) is 0 Å². The van der Waals surface area contributed by atoms with Crippen molar-refractivity contribution in [2.45, 2.75) is 13.5 Å². The van der Waals surface area contributed by atoms with Crippen molar-refractivity contribution in [1.82, 2.24) is 10.3 Å². The van der Waals surface area contributed by atoms with Crippen LogP contribution in [-0.2, 0) is 6.54 Å². The first-order valence-electron chi connectivity index (χ1n) is 6.65. The van der Waals surface area contributed by atoms with Gasteiger partial charge in [-0.05, 0) is 18.6 Å². The molecule has 0 aliphatic heterocycles. The fourth-order valence-electron chi connectivity index (χ4n) is 2.44. The van der Waals surface area contributed by atoms with Gasteiger partial charge in [0.1, 0.15) is 0 Å². The Morgan fingerprint density at radius 1 is 1.05 bits per heavy atom. The van der Waals surface area contributed by atoms with E-state index in [1.165, 1.54) is 0 Å². The summed E-state index contributed by atoms with van der Waals surface area (Å²) >= 11 is 0. The molecule has 0 bridgehead atoms. The van der Waals surface area contributed by atoms with Gasteiger partial charge in [0.25, 0.3) is 5.91 Å². The molecule has 0 atom stereocenters. The minimum atomic E-state index is -0.0381. The van der Waals surface area contributed by atoms with Crippen LogP contribution in [0.5, 0.6) is 0 Å². The highest BCUT2D eigenvalue weighted by Crippen LogP contribution is 2.21. The molecular formula is C17H16N2O. The molecule has 100 valence electrons. The second-order valence-corrected chi connectivity index (χ2v) is 4.84. The quantitative estimate of drug-likeness (QED) is 0.748. The molecule has 1 amide bonds. The molecule has 0 spiro atoms. The summed E-state index contributed by atoms with van der Waals surface area (Å²) in [6.45, 7) is 2.47. The first-order chi connectivity index (χ1) is 9.75. The molecule has 0 unspecified atom stereocenters. The number of H-pyrrole nitrogens is 1. The van der Waals surface area contributed by atoms with E-state index >= 15 is 0 Å². The first kappa shape index (κ1) is 12.5. The number of hydrogen-bond acceptors (Lipinski definition) is 1. The highest BCUT2D eigenvalue weighted by Gasteiger charge is 2.15. The van der Waals surface area contributed by atoms with Crippen LogP contribution in [0.2, 0.25) is 0 Å². The molecule has 0 saturated heterocycles. The fraction of sp³-hybridized carbons (Fsp3) is 0.118. The van der Waals surface area contributed by atoms with Crippen molar-refractivity contribution in [2.75, 3.05) is 0 Å². The summed E-state index contributed by atoms with van der Waals surface area (Å²) in [6, 6.07) is 17.8. The standard InChI is InChI=1S/C17H16N2O/c1-12-16(14-9-5-6-10-15(14)19-12)17(20)18-11-13-7-3-2-4-8-13/h2-10,19H,11H2,1H3,(H,18,20). The number of carbonyl (C=O) groups excluding carboxylic acids is 1. The predicted octanol–water partition coefficient (Wildman–Crippen LogP) is 3.41. The number of amides is 1. The lowest BCUT2D eigenvalue weighted by molar-refractivity contribution is 0.0952. The number of benzene rings is 2. The number of carbonyl (C=O) groups is 1. The summed E-state index contributed by atoms with van der Waals surface area (Å²) in [5, 5.41) is 3.94. The van der Waals surface area contributed by atoms with Crippen LogP contribution < -0.4 is 5.32 Å². The molecule has 0 aliphatic rings. The highest BCUT2D eigenvalue weighted by atomic mass is 16.1. The van der Waals surface area contributed by atoms with Gasteiger partial charge in [0.15, 0.2) is 0 Å². The van der Waals surface area contributed by atoms with Gasteiger partial charge in [-0.1, -0.05) is 48.5 Å². The van der Waals surface area contributed by atoms with Crippen molar-refractivity contribution >= 4 is 16.8 Å². The van der Waals surface area contributed by atoms with E-state index in [9.17, 15) is 4.79 Å². The van der Waals surface area contributed by atoms with Crippen LogP contribution in [0.4, 0.5) is 0 Å². The number of nitrogens with one attached hydrogen (secondary N) is 2. The minimum Gasteiger partial charge on any atom is -0.358 e. The Morgan fingerprint density at radius 3 is 2.55 bits per heavy atom. The SMILES string of the molecule is Cc1[nH]c2ccccc2c1C(=O)NCc1ccccc1. The maximum atomic E-state index is 12.4. The number of rotatable bonds is 3. The number of para-hydroxylation sites is 1. The van der Waals surface area contributed by atoms with Crippen LogP contribution in [0, 0.1) is 6.92 Å². The number of hydrogen-bond donors (Lipinski definition) is 2. The van der Waals surface area contributed by atoms with Gasteiger partial charge in [0.05, 0.1) is 5.56 Å². The Morgan fingerprint density at radius 2 is 1.75 bits per heavy atom. The molecule has 3 nitrogen and oxygen atoms in total. The van der Waals surface area contributed by atoms with Gasteiger partial charge in [-0.3, -0.25) is 4.79 Å². The fourth-order valence-corrected chi connectivity index (χ4v) is 2.44. The molecular weight excluding hydrogens is 248 g/mol. The third-order valence-corrected chi connectivity index (χ3v) is 3.42. The maximum Gasteiger partial charge on any atom is 0.253 e. The average molecular weight is 264 g/mol. The number of aryl methyl sites for hydroxylation is 1. The topological polar surface area (TPSA) is 44.9 Å². The third-order valence-electron chi connectivity index (χ3n) is 3.42. The lowest BCUT2D eigenvalue weighted by Gasteiger charge is -2.05. The summed E-state index contributed by atoms with van der Waals surface area (Å²) in [6.07, 6.45) is 0. The summed E-state index contributed by atoms with van der Waals surface area (Å²) < 4.78 is 0. The summed E-state index contributed by atoms with van der Waals surface area (Å²) in [7, 11) is 0. The molecule has 0 aliphatic carbocycles. The second kappa shape index (κ2) is 5.21. The summed E-state index contributed by atoms with van der Waals surface area (Å²) in [5.74, 6) is -0.0381. The Hall–Kier alpha value is -2.55. The molecule has 0 saturated carbocycles. The van der Waals surface area contributed by atoms with Crippen molar-refractivity contribution in [3.05, 3.63) is 71.4 Å². The van der Waals surface area contributed by atoms with Crippen molar-refractivity contribution in [3.63, 3.8) is 0 Å². The van der Waals surface area contributed by atoms with Crippen molar-refractivity contribution < 1.29 is 4.79 Å². The lowest BCUT2D eigenvalue weighted by Crippen LogP contribution is -2.23. The molecule has 1 aromatic heterocycles.